The van der Waals surface area contributed by atoms with Crippen molar-refractivity contribution in [2.75, 3.05) is 20.3 Å². The minimum absolute atomic E-state index is 0.732. The van der Waals surface area contributed by atoms with Crippen LogP contribution >= 0.6 is 11.8 Å². The van der Waals surface area contributed by atoms with Gasteiger partial charge < -0.3 is 10.1 Å². The van der Waals surface area contributed by atoms with E-state index in [1.807, 2.05) is 24.0 Å². The lowest BCUT2D eigenvalue weighted by molar-refractivity contribution is 0.199. The van der Waals surface area contributed by atoms with Crippen LogP contribution in [0.5, 0.6) is 0 Å². The molecule has 0 unspecified atom stereocenters. The highest BCUT2D eigenvalue weighted by molar-refractivity contribution is 7.99. The van der Waals surface area contributed by atoms with E-state index in [0.29, 0.717) is 0 Å². The maximum absolute atomic E-state index is 5.00. The summed E-state index contributed by atoms with van der Waals surface area (Å²) in [5.74, 6) is 1.90. The van der Waals surface area contributed by atoms with E-state index in [2.05, 4.69) is 15.3 Å². The fourth-order valence-corrected chi connectivity index (χ4v) is 3.44. The molecule has 1 aromatic heterocycles. The van der Waals surface area contributed by atoms with E-state index < -0.39 is 0 Å². The van der Waals surface area contributed by atoms with Gasteiger partial charge in [-0.15, -0.1) is 0 Å². The highest BCUT2D eigenvalue weighted by Gasteiger charge is 2.15. The van der Waals surface area contributed by atoms with Crippen molar-refractivity contribution in [3.8, 4) is 0 Å². The van der Waals surface area contributed by atoms with Crippen LogP contribution in [-0.4, -0.2) is 35.5 Å². The Balaban J connectivity index is 1.74. The van der Waals surface area contributed by atoms with E-state index in [4.69, 9.17) is 4.74 Å². The van der Waals surface area contributed by atoms with Gasteiger partial charge in [0.2, 0.25) is 0 Å². The third-order valence-electron chi connectivity index (χ3n) is 3.30. The predicted octanol–water partition coefficient (Wildman–Crippen LogP) is 2.39. The summed E-state index contributed by atoms with van der Waals surface area (Å²) in [6.07, 6.45) is 7.38. The molecule has 106 valence electrons. The fourth-order valence-electron chi connectivity index (χ4n) is 2.25. The molecule has 1 saturated carbocycles. The highest BCUT2D eigenvalue weighted by atomic mass is 32.2. The van der Waals surface area contributed by atoms with E-state index in [1.165, 1.54) is 25.7 Å². The van der Waals surface area contributed by atoms with Gasteiger partial charge in [0.15, 0.2) is 0 Å². The number of aromatic nitrogens is 2. The summed E-state index contributed by atoms with van der Waals surface area (Å²) in [4.78, 5) is 8.96. The number of rotatable bonds is 8. The summed E-state index contributed by atoms with van der Waals surface area (Å²) in [6.45, 7) is 2.37. The van der Waals surface area contributed by atoms with Crippen molar-refractivity contribution in [3.05, 3.63) is 23.8 Å². The second-order valence-corrected chi connectivity index (χ2v) is 6.14. The molecular formula is C14H23N3OS. The van der Waals surface area contributed by atoms with Crippen LogP contribution in [0.25, 0.3) is 0 Å². The third-order valence-corrected chi connectivity index (χ3v) is 4.67. The second-order valence-electron chi connectivity index (χ2n) is 4.85. The maximum Gasteiger partial charge on any atom is 0.138 e. The molecule has 1 fully saturated rings. The SMILES string of the molecule is COCCNCc1ccnc(CSC2CCCC2)n1. The molecule has 0 atom stereocenters. The van der Waals surface area contributed by atoms with Crippen LogP contribution in [0.2, 0.25) is 0 Å². The highest BCUT2D eigenvalue weighted by Crippen LogP contribution is 2.30. The molecule has 0 aromatic carbocycles. The molecule has 0 amide bonds. The van der Waals surface area contributed by atoms with Gasteiger partial charge in [-0.2, -0.15) is 11.8 Å². The average Bonchev–Trinajstić information content (AvgIpc) is 2.95. The van der Waals surface area contributed by atoms with Crippen molar-refractivity contribution in [2.24, 2.45) is 0 Å². The van der Waals surface area contributed by atoms with Crippen molar-refractivity contribution in [1.29, 1.82) is 0 Å². The molecule has 1 N–H and O–H groups in total. The Morgan fingerprint density at radius 2 is 2.26 bits per heavy atom. The molecule has 19 heavy (non-hydrogen) atoms. The fraction of sp³-hybridized carbons (Fsp3) is 0.714. The first-order valence-corrected chi connectivity index (χ1v) is 8.05. The minimum Gasteiger partial charge on any atom is -0.383 e. The summed E-state index contributed by atoms with van der Waals surface area (Å²) in [5.41, 5.74) is 1.06. The van der Waals surface area contributed by atoms with E-state index in [1.54, 1.807) is 7.11 Å². The number of ether oxygens (including phenoxy) is 1. The zero-order valence-electron chi connectivity index (χ0n) is 11.6. The Kier molecular flexibility index (Phi) is 6.61. The molecule has 0 saturated heterocycles. The van der Waals surface area contributed by atoms with E-state index in [0.717, 1.165) is 42.2 Å². The maximum atomic E-state index is 5.00. The molecule has 1 aliphatic rings. The topological polar surface area (TPSA) is 47.0 Å². The van der Waals surface area contributed by atoms with E-state index >= 15 is 0 Å². The Bertz CT molecular complexity index is 369. The normalized spacial score (nSPS) is 16.1. The molecule has 0 spiro atoms. The molecule has 0 bridgehead atoms. The summed E-state index contributed by atoms with van der Waals surface area (Å²) in [6, 6.07) is 1.98. The van der Waals surface area contributed by atoms with Gasteiger partial charge in [-0.1, -0.05) is 12.8 Å². The van der Waals surface area contributed by atoms with Crippen LogP contribution in [0, 0.1) is 0 Å². The van der Waals surface area contributed by atoms with Gasteiger partial charge in [-0.05, 0) is 18.9 Å². The van der Waals surface area contributed by atoms with Gasteiger partial charge in [-0.25, -0.2) is 9.97 Å². The third kappa shape index (κ3) is 5.47. The van der Waals surface area contributed by atoms with Crippen molar-refractivity contribution >= 4 is 11.8 Å². The van der Waals surface area contributed by atoms with Crippen molar-refractivity contribution in [2.45, 2.75) is 43.2 Å². The predicted molar refractivity (Wildman–Crippen MR) is 79.2 cm³/mol. The monoisotopic (exact) mass is 281 g/mol. The number of nitrogens with one attached hydrogen (secondary N) is 1. The molecule has 1 aliphatic carbocycles. The summed E-state index contributed by atoms with van der Waals surface area (Å²) >= 11 is 2.01. The van der Waals surface area contributed by atoms with Gasteiger partial charge in [0.1, 0.15) is 5.82 Å². The standard InChI is InChI=1S/C14H23N3OS/c1-18-9-8-15-10-12-6-7-16-14(17-12)11-19-13-4-2-3-5-13/h6-7,13,15H,2-5,8-11H2,1H3. The van der Waals surface area contributed by atoms with E-state index in [-0.39, 0.29) is 0 Å². The van der Waals surface area contributed by atoms with Crippen molar-refractivity contribution < 1.29 is 4.74 Å². The number of hydrogen-bond donors (Lipinski definition) is 1. The summed E-state index contributed by atoms with van der Waals surface area (Å²) in [5, 5.41) is 4.13. The smallest absolute Gasteiger partial charge is 0.138 e. The second kappa shape index (κ2) is 8.51. The molecule has 1 aromatic rings. The average molecular weight is 281 g/mol. The quantitative estimate of drug-likeness (QED) is 0.741. The molecule has 4 nitrogen and oxygen atoms in total. The Labute approximate surface area is 119 Å². The van der Waals surface area contributed by atoms with Gasteiger partial charge in [0, 0.05) is 31.6 Å². The van der Waals surface area contributed by atoms with Gasteiger partial charge >= 0.3 is 0 Å². The van der Waals surface area contributed by atoms with E-state index in [9.17, 15) is 0 Å². The Morgan fingerprint density at radius 3 is 3.05 bits per heavy atom. The van der Waals surface area contributed by atoms with Crippen LogP contribution in [0.4, 0.5) is 0 Å². The largest absolute Gasteiger partial charge is 0.383 e. The molecular weight excluding hydrogens is 258 g/mol. The lowest BCUT2D eigenvalue weighted by Crippen LogP contribution is -2.19. The summed E-state index contributed by atoms with van der Waals surface area (Å²) < 4.78 is 5.00. The minimum atomic E-state index is 0.732. The van der Waals surface area contributed by atoms with Crippen molar-refractivity contribution in [3.63, 3.8) is 0 Å². The number of thioether (sulfide) groups is 1. The number of nitrogens with zero attached hydrogens (tertiary/aromatic N) is 2. The molecule has 5 heteroatoms. The first-order valence-electron chi connectivity index (χ1n) is 7.00. The van der Waals surface area contributed by atoms with Crippen LogP contribution in [-0.2, 0) is 17.0 Å². The van der Waals surface area contributed by atoms with Crippen LogP contribution in [0.3, 0.4) is 0 Å². The Hall–Kier alpha value is -0.650. The van der Waals surface area contributed by atoms with Crippen LogP contribution < -0.4 is 5.32 Å². The first kappa shape index (κ1) is 14.8. The van der Waals surface area contributed by atoms with Gasteiger partial charge in [0.25, 0.3) is 0 Å². The lowest BCUT2D eigenvalue weighted by Gasteiger charge is -2.08. The molecule has 2 rings (SSSR count). The molecule has 1 heterocycles. The number of methoxy groups -OCH3 is 1. The molecule has 0 radical (unpaired) electrons. The van der Waals surface area contributed by atoms with Gasteiger partial charge in [-0.3, -0.25) is 0 Å². The number of hydrogen-bond acceptors (Lipinski definition) is 5. The van der Waals surface area contributed by atoms with Crippen LogP contribution in [0.15, 0.2) is 12.3 Å². The van der Waals surface area contributed by atoms with Crippen LogP contribution in [0.1, 0.15) is 37.2 Å². The van der Waals surface area contributed by atoms with Gasteiger partial charge in [0.05, 0.1) is 18.1 Å². The zero-order chi connectivity index (χ0) is 13.3. The molecule has 0 aliphatic heterocycles. The first-order chi connectivity index (χ1) is 9.38. The summed E-state index contributed by atoms with van der Waals surface area (Å²) in [7, 11) is 1.71. The van der Waals surface area contributed by atoms with Crippen molar-refractivity contribution in [1.82, 2.24) is 15.3 Å². The lowest BCUT2D eigenvalue weighted by atomic mass is 10.4. The Morgan fingerprint density at radius 1 is 1.42 bits per heavy atom. The zero-order valence-corrected chi connectivity index (χ0v) is 12.4.